The van der Waals surface area contributed by atoms with Crippen molar-refractivity contribution in [2.45, 2.75) is 26.2 Å². The molecule has 140 valence electrons. The lowest BCUT2D eigenvalue weighted by Gasteiger charge is -2.20. The van der Waals surface area contributed by atoms with Gasteiger partial charge in [-0.1, -0.05) is 67.0 Å². The molecule has 0 atom stereocenters. The third-order valence-electron chi connectivity index (χ3n) is 4.62. The second kappa shape index (κ2) is 7.91. The lowest BCUT2D eigenvalue weighted by atomic mass is 9.86. The first kappa shape index (κ1) is 19.7. The van der Waals surface area contributed by atoms with E-state index in [0.717, 1.165) is 16.7 Å². The number of hydrogen-bond acceptors (Lipinski definition) is 2. The molecule has 0 saturated carbocycles. The Hall–Kier alpha value is -2.04. The zero-order chi connectivity index (χ0) is 19.6. The average molecular weight is 428 g/mol. The molecule has 1 fully saturated rings. The maximum atomic E-state index is 13.3. The molecule has 2 aromatic carbocycles. The van der Waals surface area contributed by atoms with Gasteiger partial charge < -0.3 is 5.32 Å². The molecule has 0 radical (unpaired) electrons. The fourth-order valence-electron chi connectivity index (χ4n) is 3.02. The van der Waals surface area contributed by atoms with Gasteiger partial charge >= 0.3 is 0 Å². The van der Waals surface area contributed by atoms with Crippen LogP contribution >= 0.6 is 15.9 Å². The molecule has 3 rings (SSSR count). The summed E-state index contributed by atoms with van der Waals surface area (Å²) in [6, 6.07) is 12.8. The lowest BCUT2D eigenvalue weighted by molar-refractivity contribution is -0.112. The van der Waals surface area contributed by atoms with Gasteiger partial charge in [0.25, 0.3) is 0 Å². The number of nitrogens with one attached hydrogen (secondary N) is 1. The largest absolute Gasteiger partial charge is 0.308 e. The zero-order valence-corrected chi connectivity index (χ0v) is 17.4. The van der Waals surface area contributed by atoms with E-state index in [-0.39, 0.29) is 17.0 Å². The number of Topliss-reactive ketones (excluding diaryl/α,β-unsaturated/α-hetero) is 1. The normalized spacial score (nSPS) is 18.3. The Morgan fingerprint density at radius 3 is 2.22 bits per heavy atom. The van der Waals surface area contributed by atoms with Gasteiger partial charge in [0.1, 0.15) is 5.82 Å². The van der Waals surface area contributed by atoms with Crippen LogP contribution in [0.3, 0.4) is 0 Å². The SMILES string of the molecule is CC(C)(C)c1ccc(C=C2CNCC(=Cc3ccc(F)cc3Br)C2=O)cc1. The van der Waals surface area contributed by atoms with E-state index in [1.807, 2.05) is 12.2 Å². The molecule has 1 aliphatic rings. The van der Waals surface area contributed by atoms with Gasteiger partial charge in [-0.2, -0.15) is 0 Å². The van der Waals surface area contributed by atoms with Crippen LogP contribution in [-0.2, 0) is 10.2 Å². The van der Waals surface area contributed by atoms with Crippen LogP contribution < -0.4 is 5.32 Å². The van der Waals surface area contributed by atoms with Gasteiger partial charge in [0, 0.05) is 28.7 Å². The average Bonchev–Trinajstić information content (AvgIpc) is 2.60. The number of halogens is 2. The van der Waals surface area contributed by atoms with E-state index < -0.39 is 0 Å². The highest BCUT2D eigenvalue weighted by atomic mass is 79.9. The quantitative estimate of drug-likeness (QED) is 0.638. The minimum Gasteiger partial charge on any atom is -0.308 e. The molecule has 1 N–H and O–H groups in total. The van der Waals surface area contributed by atoms with Crippen molar-refractivity contribution in [1.82, 2.24) is 5.32 Å². The number of rotatable bonds is 2. The summed E-state index contributed by atoms with van der Waals surface area (Å²) >= 11 is 3.35. The summed E-state index contributed by atoms with van der Waals surface area (Å²) in [6.07, 6.45) is 3.75. The molecule has 0 aliphatic carbocycles. The number of piperidine rings is 1. The van der Waals surface area contributed by atoms with E-state index in [9.17, 15) is 9.18 Å². The molecule has 2 nitrogen and oxygen atoms in total. The van der Waals surface area contributed by atoms with Crippen LogP contribution in [0.5, 0.6) is 0 Å². The van der Waals surface area contributed by atoms with Gasteiger partial charge in [0.2, 0.25) is 0 Å². The molecule has 0 spiro atoms. The van der Waals surface area contributed by atoms with Gasteiger partial charge in [-0.15, -0.1) is 0 Å². The van der Waals surface area contributed by atoms with Crippen molar-refractivity contribution >= 4 is 33.9 Å². The predicted molar refractivity (Wildman–Crippen MR) is 113 cm³/mol. The lowest BCUT2D eigenvalue weighted by Crippen LogP contribution is -2.32. The number of benzene rings is 2. The molecule has 1 saturated heterocycles. The van der Waals surface area contributed by atoms with Crippen molar-refractivity contribution in [1.29, 1.82) is 0 Å². The molecular formula is C23H23BrFNO. The highest BCUT2D eigenvalue weighted by Crippen LogP contribution is 2.25. The Morgan fingerprint density at radius 2 is 1.63 bits per heavy atom. The van der Waals surface area contributed by atoms with Crippen molar-refractivity contribution in [3.8, 4) is 0 Å². The molecule has 1 aliphatic heterocycles. The highest BCUT2D eigenvalue weighted by Gasteiger charge is 2.20. The number of ketones is 1. The Morgan fingerprint density at radius 1 is 1.00 bits per heavy atom. The number of carbonyl (C=O) groups excluding carboxylic acids is 1. The number of hydrogen-bond donors (Lipinski definition) is 1. The maximum absolute atomic E-state index is 13.3. The van der Waals surface area contributed by atoms with Crippen LogP contribution in [0, 0.1) is 5.82 Å². The number of carbonyl (C=O) groups is 1. The summed E-state index contributed by atoms with van der Waals surface area (Å²) in [7, 11) is 0. The predicted octanol–water partition coefficient (Wildman–Crippen LogP) is 5.53. The molecule has 0 unspecified atom stereocenters. The molecule has 27 heavy (non-hydrogen) atoms. The third-order valence-corrected chi connectivity index (χ3v) is 5.31. The van der Waals surface area contributed by atoms with Crippen LogP contribution in [0.15, 0.2) is 58.1 Å². The minimum absolute atomic E-state index is 0.0323. The van der Waals surface area contributed by atoms with Crippen LogP contribution in [0.2, 0.25) is 0 Å². The van der Waals surface area contributed by atoms with E-state index >= 15 is 0 Å². The first-order chi connectivity index (χ1) is 12.7. The Bertz CT molecular complexity index is 920. The van der Waals surface area contributed by atoms with Crippen LogP contribution in [0.25, 0.3) is 12.2 Å². The fraction of sp³-hybridized carbons (Fsp3) is 0.261. The smallest absolute Gasteiger partial charge is 0.187 e. The molecule has 0 bridgehead atoms. The topological polar surface area (TPSA) is 29.1 Å². The zero-order valence-electron chi connectivity index (χ0n) is 15.8. The standard InChI is InChI=1S/C23H23BrFNO/c1-23(2,3)19-7-4-15(5-8-19)10-17-13-26-14-18(22(17)27)11-16-6-9-20(25)12-21(16)24/h4-12,26H,13-14H2,1-3H3. The summed E-state index contributed by atoms with van der Waals surface area (Å²) in [4.78, 5) is 12.9. The van der Waals surface area contributed by atoms with Crippen molar-refractivity contribution < 1.29 is 9.18 Å². The van der Waals surface area contributed by atoms with Crippen LogP contribution in [0.4, 0.5) is 4.39 Å². The Balaban J connectivity index is 1.86. The maximum Gasteiger partial charge on any atom is 0.187 e. The van der Waals surface area contributed by atoms with Gasteiger partial charge in [-0.3, -0.25) is 4.79 Å². The van der Waals surface area contributed by atoms with E-state index in [2.05, 4.69) is 66.3 Å². The highest BCUT2D eigenvalue weighted by molar-refractivity contribution is 9.10. The first-order valence-corrected chi connectivity index (χ1v) is 9.75. The van der Waals surface area contributed by atoms with Crippen LogP contribution in [-0.4, -0.2) is 18.9 Å². The second-order valence-electron chi connectivity index (χ2n) is 7.81. The summed E-state index contributed by atoms with van der Waals surface area (Å²) in [6.45, 7) is 7.59. The monoisotopic (exact) mass is 427 g/mol. The minimum atomic E-state index is -0.309. The van der Waals surface area contributed by atoms with E-state index in [0.29, 0.717) is 23.1 Å². The van der Waals surface area contributed by atoms with Gasteiger partial charge in [0.05, 0.1) is 0 Å². The third kappa shape index (κ3) is 4.82. The van der Waals surface area contributed by atoms with Crippen molar-refractivity contribution in [2.24, 2.45) is 0 Å². The molecular weight excluding hydrogens is 405 g/mol. The van der Waals surface area contributed by atoms with E-state index in [1.54, 1.807) is 6.07 Å². The summed E-state index contributed by atoms with van der Waals surface area (Å²) in [5, 5.41) is 3.28. The van der Waals surface area contributed by atoms with E-state index in [1.165, 1.54) is 17.7 Å². The van der Waals surface area contributed by atoms with Gasteiger partial charge in [-0.25, -0.2) is 4.39 Å². The molecule has 0 amide bonds. The fourth-order valence-corrected chi connectivity index (χ4v) is 3.48. The van der Waals surface area contributed by atoms with Crippen molar-refractivity contribution in [2.75, 3.05) is 13.1 Å². The van der Waals surface area contributed by atoms with Crippen molar-refractivity contribution in [3.63, 3.8) is 0 Å². The molecule has 0 aromatic heterocycles. The Labute approximate surface area is 168 Å². The van der Waals surface area contributed by atoms with Crippen molar-refractivity contribution in [3.05, 3.63) is 80.6 Å². The molecule has 1 heterocycles. The summed E-state index contributed by atoms with van der Waals surface area (Å²) in [5.41, 5.74) is 4.57. The van der Waals surface area contributed by atoms with Gasteiger partial charge in [0.15, 0.2) is 5.78 Å². The molecule has 2 aromatic rings. The molecule has 4 heteroatoms. The van der Waals surface area contributed by atoms with Crippen LogP contribution in [0.1, 0.15) is 37.5 Å². The van der Waals surface area contributed by atoms with E-state index in [4.69, 9.17) is 0 Å². The first-order valence-electron chi connectivity index (χ1n) is 8.96. The summed E-state index contributed by atoms with van der Waals surface area (Å²) in [5.74, 6) is -0.277. The van der Waals surface area contributed by atoms with Gasteiger partial charge in [-0.05, 0) is 46.4 Å². The Kier molecular flexibility index (Phi) is 5.78. The second-order valence-corrected chi connectivity index (χ2v) is 8.66. The summed E-state index contributed by atoms with van der Waals surface area (Å²) < 4.78 is 13.9.